The molecule has 16 heavy (non-hydrogen) atoms. The summed E-state index contributed by atoms with van der Waals surface area (Å²) in [5.41, 5.74) is 6.11. The maximum Gasteiger partial charge on any atom is 0.273 e. The van der Waals surface area contributed by atoms with E-state index < -0.39 is 4.92 Å². The minimum atomic E-state index is -0.634. The Kier molecular flexibility index (Phi) is 4.26. The molecule has 86 valence electrons. The van der Waals surface area contributed by atoms with E-state index in [0.717, 1.165) is 5.56 Å². The van der Waals surface area contributed by atoms with Gasteiger partial charge in [0.15, 0.2) is 5.82 Å². The fourth-order valence-corrected chi connectivity index (χ4v) is 1.20. The number of benzene rings is 1. The van der Waals surface area contributed by atoms with Gasteiger partial charge in [-0.15, -0.1) is 0 Å². The highest BCUT2D eigenvalue weighted by Crippen LogP contribution is 2.03. The number of nitro groups is 1. The van der Waals surface area contributed by atoms with E-state index in [1.807, 2.05) is 0 Å². The lowest BCUT2D eigenvalue weighted by Crippen LogP contribution is -2.23. The van der Waals surface area contributed by atoms with Crippen LogP contribution in [0.5, 0.6) is 0 Å². The van der Waals surface area contributed by atoms with E-state index in [1.54, 1.807) is 12.1 Å². The van der Waals surface area contributed by atoms with Crippen LogP contribution in [0.3, 0.4) is 0 Å². The van der Waals surface area contributed by atoms with E-state index in [1.165, 1.54) is 12.1 Å². The summed E-state index contributed by atoms with van der Waals surface area (Å²) in [6.45, 7) is 0.416. The van der Waals surface area contributed by atoms with Gasteiger partial charge in [-0.2, -0.15) is 0 Å². The van der Waals surface area contributed by atoms with Crippen molar-refractivity contribution in [3.8, 4) is 0 Å². The number of nitrogens with zero attached hydrogens (tertiary/aromatic N) is 1. The third-order valence-electron chi connectivity index (χ3n) is 1.88. The SMILES string of the molecule is N/C(=C\[N+](=O)[O-])NCCc1cccc(F)c1. The number of halogens is 1. The molecule has 0 saturated carbocycles. The molecule has 0 unspecified atom stereocenters. The number of hydrogen-bond acceptors (Lipinski definition) is 4. The van der Waals surface area contributed by atoms with Gasteiger partial charge in [-0.05, 0) is 24.1 Å². The second kappa shape index (κ2) is 5.69. The minimum absolute atomic E-state index is 0.0126. The molecule has 0 heterocycles. The molecule has 0 atom stereocenters. The van der Waals surface area contributed by atoms with Gasteiger partial charge in [0, 0.05) is 6.54 Å². The van der Waals surface area contributed by atoms with Gasteiger partial charge in [0.1, 0.15) is 5.82 Å². The van der Waals surface area contributed by atoms with Crippen molar-refractivity contribution in [1.29, 1.82) is 0 Å². The maximum atomic E-state index is 12.8. The normalized spacial score (nSPS) is 11.2. The van der Waals surface area contributed by atoms with Crippen molar-refractivity contribution in [3.63, 3.8) is 0 Å². The lowest BCUT2D eigenvalue weighted by atomic mass is 10.1. The summed E-state index contributed by atoms with van der Waals surface area (Å²) >= 11 is 0. The molecule has 0 radical (unpaired) electrons. The van der Waals surface area contributed by atoms with Crippen molar-refractivity contribution in [3.05, 3.63) is 57.8 Å². The zero-order valence-electron chi connectivity index (χ0n) is 8.52. The molecule has 0 aromatic heterocycles. The van der Waals surface area contributed by atoms with Crippen LogP contribution >= 0.6 is 0 Å². The molecule has 0 amide bonds. The Labute approximate surface area is 91.9 Å². The first-order valence-corrected chi connectivity index (χ1v) is 4.67. The lowest BCUT2D eigenvalue weighted by molar-refractivity contribution is -0.403. The summed E-state index contributed by atoms with van der Waals surface area (Å²) in [5, 5.41) is 12.7. The first-order chi connectivity index (χ1) is 7.58. The van der Waals surface area contributed by atoms with Gasteiger partial charge in [0.25, 0.3) is 6.20 Å². The summed E-state index contributed by atoms with van der Waals surface area (Å²) in [5.74, 6) is -0.312. The molecule has 0 aliphatic heterocycles. The van der Waals surface area contributed by atoms with Crippen molar-refractivity contribution in [1.82, 2.24) is 5.32 Å². The van der Waals surface area contributed by atoms with Crippen LogP contribution in [0.4, 0.5) is 4.39 Å². The van der Waals surface area contributed by atoms with E-state index >= 15 is 0 Å². The fourth-order valence-electron chi connectivity index (χ4n) is 1.20. The summed E-state index contributed by atoms with van der Waals surface area (Å²) in [7, 11) is 0. The lowest BCUT2D eigenvalue weighted by Gasteiger charge is -2.04. The van der Waals surface area contributed by atoms with E-state index in [-0.39, 0.29) is 11.6 Å². The predicted octanol–water partition coefficient (Wildman–Crippen LogP) is 0.992. The fraction of sp³-hybridized carbons (Fsp3) is 0.200. The number of rotatable bonds is 5. The largest absolute Gasteiger partial charge is 0.380 e. The molecule has 1 aromatic carbocycles. The third-order valence-corrected chi connectivity index (χ3v) is 1.88. The highest BCUT2D eigenvalue weighted by Gasteiger charge is 1.98. The van der Waals surface area contributed by atoms with Crippen molar-refractivity contribution in [2.45, 2.75) is 6.42 Å². The van der Waals surface area contributed by atoms with Crippen molar-refractivity contribution < 1.29 is 9.31 Å². The van der Waals surface area contributed by atoms with E-state index in [4.69, 9.17) is 5.73 Å². The molecule has 6 heteroatoms. The standard InChI is InChI=1S/C10H12FN3O2/c11-9-3-1-2-8(6-9)4-5-13-10(12)7-14(15)16/h1-3,6-7,13H,4-5,12H2/b10-7+. The molecule has 0 spiro atoms. The maximum absolute atomic E-state index is 12.8. The zero-order valence-corrected chi connectivity index (χ0v) is 8.52. The first-order valence-electron chi connectivity index (χ1n) is 4.67. The topological polar surface area (TPSA) is 81.2 Å². The van der Waals surface area contributed by atoms with E-state index in [0.29, 0.717) is 19.2 Å². The summed E-state index contributed by atoms with van der Waals surface area (Å²) in [6, 6.07) is 6.16. The number of hydrogen-bond donors (Lipinski definition) is 2. The molecule has 0 aliphatic rings. The predicted molar refractivity (Wildman–Crippen MR) is 57.4 cm³/mol. The summed E-state index contributed by atoms with van der Waals surface area (Å²) in [4.78, 5) is 9.41. The van der Waals surface area contributed by atoms with Crippen LogP contribution in [0.1, 0.15) is 5.56 Å². The number of nitrogens with two attached hydrogens (primary N) is 1. The second-order valence-electron chi connectivity index (χ2n) is 3.18. The van der Waals surface area contributed by atoms with Gasteiger partial charge in [-0.1, -0.05) is 12.1 Å². The van der Waals surface area contributed by atoms with Gasteiger partial charge in [-0.3, -0.25) is 10.1 Å². The second-order valence-corrected chi connectivity index (χ2v) is 3.18. The smallest absolute Gasteiger partial charge is 0.273 e. The van der Waals surface area contributed by atoms with E-state index in [2.05, 4.69) is 5.32 Å². The molecule has 0 aliphatic carbocycles. The van der Waals surface area contributed by atoms with Gasteiger partial charge < -0.3 is 11.1 Å². The quantitative estimate of drug-likeness (QED) is 0.578. The van der Waals surface area contributed by atoms with Crippen molar-refractivity contribution in [2.24, 2.45) is 5.73 Å². The molecule has 0 bridgehead atoms. The highest BCUT2D eigenvalue weighted by atomic mass is 19.1. The Morgan fingerprint density at radius 2 is 2.38 bits per heavy atom. The number of nitrogens with one attached hydrogen (secondary N) is 1. The van der Waals surface area contributed by atoms with E-state index in [9.17, 15) is 14.5 Å². The molecule has 1 aromatic rings. The van der Waals surface area contributed by atoms with Crippen LogP contribution in [0.2, 0.25) is 0 Å². The van der Waals surface area contributed by atoms with Crippen LogP contribution in [0.25, 0.3) is 0 Å². The van der Waals surface area contributed by atoms with Crippen LogP contribution in [0.15, 0.2) is 36.3 Å². The van der Waals surface area contributed by atoms with Crippen molar-refractivity contribution >= 4 is 0 Å². The molecular formula is C10H12FN3O2. The van der Waals surface area contributed by atoms with Gasteiger partial charge in [0.05, 0.1) is 4.92 Å². The Hall–Kier alpha value is -2.11. The van der Waals surface area contributed by atoms with Gasteiger partial charge in [0.2, 0.25) is 0 Å². The average molecular weight is 225 g/mol. The summed E-state index contributed by atoms with van der Waals surface area (Å²) in [6.07, 6.45) is 1.23. The van der Waals surface area contributed by atoms with Crippen LogP contribution in [-0.4, -0.2) is 11.5 Å². The Morgan fingerprint density at radius 1 is 1.62 bits per heavy atom. The molecule has 3 N–H and O–H groups in total. The molecule has 1 rings (SSSR count). The zero-order chi connectivity index (χ0) is 12.0. The first kappa shape index (κ1) is 12.0. The van der Waals surface area contributed by atoms with Crippen LogP contribution in [0, 0.1) is 15.9 Å². The van der Waals surface area contributed by atoms with Crippen LogP contribution in [-0.2, 0) is 6.42 Å². The molecule has 0 fully saturated rings. The molecular weight excluding hydrogens is 213 g/mol. The average Bonchev–Trinajstić information content (AvgIpc) is 2.16. The summed E-state index contributed by atoms with van der Waals surface area (Å²) < 4.78 is 12.8. The van der Waals surface area contributed by atoms with Crippen molar-refractivity contribution in [2.75, 3.05) is 6.54 Å². The third kappa shape index (κ3) is 4.41. The minimum Gasteiger partial charge on any atom is -0.380 e. The Morgan fingerprint density at radius 3 is 3.00 bits per heavy atom. The molecule has 0 saturated heterocycles. The Balaban J connectivity index is 2.39. The monoisotopic (exact) mass is 225 g/mol. The van der Waals surface area contributed by atoms with Crippen LogP contribution < -0.4 is 11.1 Å². The van der Waals surface area contributed by atoms with Gasteiger partial charge in [-0.25, -0.2) is 4.39 Å². The van der Waals surface area contributed by atoms with Gasteiger partial charge >= 0.3 is 0 Å². The molecule has 5 nitrogen and oxygen atoms in total. The Bertz CT molecular complexity index is 407. The highest BCUT2D eigenvalue weighted by molar-refractivity contribution is 5.16.